The number of nitrogens with zero attached hydrogens (tertiary/aromatic N) is 2. The maximum Gasteiger partial charge on any atom is 0.258 e. The summed E-state index contributed by atoms with van der Waals surface area (Å²) in [6, 6.07) is 7.60. The van der Waals surface area contributed by atoms with Crippen LogP contribution in [0.4, 0.5) is 0 Å². The second-order valence-corrected chi connectivity index (χ2v) is 3.70. The molecule has 1 N–H and O–H groups in total. The molecule has 0 amide bonds. The van der Waals surface area contributed by atoms with E-state index in [1.807, 2.05) is 38.2 Å². The molecule has 1 atom stereocenters. The van der Waals surface area contributed by atoms with Crippen molar-refractivity contribution in [3.05, 3.63) is 30.1 Å². The van der Waals surface area contributed by atoms with Crippen molar-refractivity contribution >= 4 is 0 Å². The Morgan fingerprint density at radius 2 is 2.24 bits per heavy atom. The van der Waals surface area contributed by atoms with Gasteiger partial charge in [-0.05, 0) is 32.2 Å². The first-order chi connectivity index (χ1) is 8.24. The topological polar surface area (TPSA) is 60.2 Å². The molecule has 0 radical (unpaired) electrons. The number of aromatic nitrogens is 2. The molecule has 5 heteroatoms. The van der Waals surface area contributed by atoms with Crippen molar-refractivity contribution in [1.29, 1.82) is 0 Å². The van der Waals surface area contributed by atoms with Crippen molar-refractivity contribution in [2.24, 2.45) is 0 Å². The molecule has 17 heavy (non-hydrogen) atoms. The molecule has 2 aromatic rings. The fraction of sp³-hybridized carbons (Fsp3) is 0.333. The molecule has 0 aliphatic carbocycles. The van der Waals surface area contributed by atoms with E-state index < -0.39 is 0 Å². The van der Waals surface area contributed by atoms with E-state index in [0.717, 1.165) is 11.3 Å². The van der Waals surface area contributed by atoms with Crippen LogP contribution in [-0.4, -0.2) is 24.3 Å². The van der Waals surface area contributed by atoms with Crippen LogP contribution in [0.2, 0.25) is 0 Å². The van der Waals surface area contributed by atoms with Gasteiger partial charge in [-0.1, -0.05) is 11.2 Å². The van der Waals surface area contributed by atoms with Crippen molar-refractivity contribution in [3.63, 3.8) is 0 Å². The minimum Gasteiger partial charge on any atom is -0.497 e. The molecular formula is C12H15N3O2. The molecule has 90 valence electrons. The molecule has 0 fully saturated rings. The van der Waals surface area contributed by atoms with Crippen LogP contribution in [0.25, 0.3) is 11.5 Å². The standard InChI is InChI=1S/C12H15N3O2/c1-8(13-2)11-14-12(17-15-11)9-5-4-6-10(7-9)16-3/h4-8,13H,1-3H3. The molecule has 1 aromatic carbocycles. The second kappa shape index (κ2) is 4.97. The zero-order valence-electron chi connectivity index (χ0n) is 10.1. The van der Waals surface area contributed by atoms with Gasteiger partial charge in [0.2, 0.25) is 0 Å². The molecule has 5 nitrogen and oxygen atoms in total. The lowest BCUT2D eigenvalue weighted by Gasteiger charge is -2.02. The predicted molar refractivity (Wildman–Crippen MR) is 63.8 cm³/mol. The smallest absolute Gasteiger partial charge is 0.258 e. The third-order valence-corrected chi connectivity index (χ3v) is 2.58. The van der Waals surface area contributed by atoms with Crippen LogP contribution >= 0.6 is 0 Å². The van der Waals surface area contributed by atoms with E-state index in [9.17, 15) is 0 Å². The summed E-state index contributed by atoms with van der Waals surface area (Å²) in [5.74, 6) is 1.91. The highest BCUT2D eigenvalue weighted by Gasteiger charge is 2.13. The van der Waals surface area contributed by atoms with Gasteiger partial charge in [-0.3, -0.25) is 0 Å². The van der Waals surface area contributed by atoms with Crippen molar-refractivity contribution < 1.29 is 9.26 Å². The van der Waals surface area contributed by atoms with E-state index >= 15 is 0 Å². The van der Waals surface area contributed by atoms with Gasteiger partial charge < -0.3 is 14.6 Å². The molecule has 0 aliphatic rings. The fourth-order valence-electron chi connectivity index (χ4n) is 1.41. The maximum atomic E-state index is 5.22. The normalized spacial score (nSPS) is 12.4. The first-order valence-corrected chi connectivity index (χ1v) is 5.40. The zero-order valence-corrected chi connectivity index (χ0v) is 10.1. The monoisotopic (exact) mass is 233 g/mol. The average molecular weight is 233 g/mol. The Hall–Kier alpha value is -1.88. The molecule has 0 saturated heterocycles. The maximum absolute atomic E-state index is 5.22. The lowest BCUT2D eigenvalue weighted by atomic mass is 10.2. The summed E-state index contributed by atoms with van der Waals surface area (Å²) in [4.78, 5) is 4.33. The Bertz CT molecular complexity index is 496. The van der Waals surface area contributed by atoms with E-state index in [1.165, 1.54) is 0 Å². The Labute approximate surface area is 99.8 Å². The molecule has 0 aliphatic heterocycles. The summed E-state index contributed by atoms with van der Waals surface area (Å²) in [6.07, 6.45) is 0. The Morgan fingerprint density at radius 1 is 1.41 bits per heavy atom. The minimum atomic E-state index is 0.0677. The minimum absolute atomic E-state index is 0.0677. The van der Waals surface area contributed by atoms with Crippen molar-refractivity contribution in [3.8, 4) is 17.2 Å². The van der Waals surface area contributed by atoms with Crippen molar-refractivity contribution in [1.82, 2.24) is 15.5 Å². The number of nitrogens with one attached hydrogen (secondary N) is 1. The number of methoxy groups -OCH3 is 1. The number of hydrogen-bond donors (Lipinski definition) is 1. The number of ether oxygens (including phenoxy) is 1. The SMILES string of the molecule is CNC(C)c1noc(-c2cccc(OC)c2)n1. The van der Waals surface area contributed by atoms with E-state index in [2.05, 4.69) is 15.5 Å². The zero-order chi connectivity index (χ0) is 12.3. The van der Waals surface area contributed by atoms with Crippen LogP contribution < -0.4 is 10.1 Å². The van der Waals surface area contributed by atoms with Crippen LogP contribution in [0.15, 0.2) is 28.8 Å². The average Bonchev–Trinajstić information content (AvgIpc) is 2.87. The number of rotatable bonds is 4. The molecule has 0 bridgehead atoms. The molecular weight excluding hydrogens is 218 g/mol. The highest BCUT2D eigenvalue weighted by Crippen LogP contribution is 2.23. The quantitative estimate of drug-likeness (QED) is 0.875. The molecule has 1 aromatic heterocycles. The Balaban J connectivity index is 2.30. The fourth-order valence-corrected chi connectivity index (χ4v) is 1.41. The first kappa shape index (κ1) is 11.6. The van der Waals surface area contributed by atoms with Gasteiger partial charge in [-0.25, -0.2) is 0 Å². The van der Waals surface area contributed by atoms with E-state index in [0.29, 0.717) is 11.7 Å². The van der Waals surface area contributed by atoms with Crippen LogP contribution in [0, 0.1) is 0 Å². The third-order valence-electron chi connectivity index (χ3n) is 2.58. The van der Waals surface area contributed by atoms with Gasteiger partial charge in [0.05, 0.1) is 13.2 Å². The van der Waals surface area contributed by atoms with E-state index in [1.54, 1.807) is 7.11 Å². The van der Waals surface area contributed by atoms with Crippen LogP contribution in [0.1, 0.15) is 18.8 Å². The highest BCUT2D eigenvalue weighted by molar-refractivity contribution is 5.55. The van der Waals surface area contributed by atoms with Crippen molar-refractivity contribution in [2.45, 2.75) is 13.0 Å². The Kier molecular flexibility index (Phi) is 3.39. The van der Waals surface area contributed by atoms with Gasteiger partial charge in [-0.15, -0.1) is 0 Å². The largest absolute Gasteiger partial charge is 0.497 e. The van der Waals surface area contributed by atoms with Crippen LogP contribution in [-0.2, 0) is 0 Å². The molecule has 1 heterocycles. The summed E-state index contributed by atoms with van der Waals surface area (Å²) in [5.41, 5.74) is 0.853. The van der Waals surface area contributed by atoms with E-state index in [4.69, 9.17) is 9.26 Å². The number of hydrogen-bond acceptors (Lipinski definition) is 5. The van der Waals surface area contributed by atoms with Gasteiger partial charge >= 0.3 is 0 Å². The van der Waals surface area contributed by atoms with E-state index in [-0.39, 0.29) is 6.04 Å². The van der Waals surface area contributed by atoms with Gasteiger partial charge in [0.25, 0.3) is 5.89 Å². The van der Waals surface area contributed by atoms with Gasteiger partial charge in [-0.2, -0.15) is 4.98 Å². The third kappa shape index (κ3) is 2.45. The van der Waals surface area contributed by atoms with Gasteiger partial charge in [0, 0.05) is 5.56 Å². The van der Waals surface area contributed by atoms with Crippen LogP contribution in [0.3, 0.4) is 0 Å². The molecule has 0 spiro atoms. The summed E-state index contributed by atoms with van der Waals surface area (Å²) in [5, 5.41) is 6.99. The Morgan fingerprint density at radius 3 is 2.94 bits per heavy atom. The summed E-state index contributed by atoms with van der Waals surface area (Å²) in [6.45, 7) is 1.97. The summed E-state index contributed by atoms with van der Waals surface area (Å²) < 4.78 is 10.4. The summed E-state index contributed by atoms with van der Waals surface area (Å²) in [7, 11) is 3.48. The second-order valence-electron chi connectivity index (χ2n) is 3.70. The molecule has 2 rings (SSSR count). The lowest BCUT2D eigenvalue weighted by molar-refractivity contribution is 0.408. The molecule has 0 saturated carbocycles. The first-order valence-electron chi connectivity index (χ1n) is 5.40. The lowest BCUT2D eigenvalue weighted by Crippen LogP contribution is -2.13. The van der Waals surface area contributed by atoms with Gasteiger partial charge in [0.15, 0.2) is 5.82 Å². The summed E-state index contributed by atoms with van der Waals surface area (Å²) >= 11 is 0. The number of benzene rings is 1. The predicted octanol–water partition coefficient (Wildman–Crippen LogP) is 2.03. The van der Waals surface area contributed by atoms with Gasteiger partial charge in [0.1, 0.15) is 5.75 Å². The molecule has 1 unspecified atom stereocenters. The highest BCUT2D eigenvalue weighted by atomic mass is 16.5. The van der Waals surface area contributed by atoms with Crippen LogP contribution in [0.5, 0.6) is 5.75 Å². The van der Waals surface area contributed by atoms with Crippen molar-refractivity contribution in [2.75, 3.05) is 14.2 Å².